The Kier molecular flexibility index (Phi) is 8.09. The SMILES string of the molecule is CC(Cc1ccc(C(F)(F)F)cc1)NC(=O)CCCCCCN. The van der Waals surface area contributed by atoms with Crippen molar-refractivity contribution in [3.63, 3.8) is 0 Å². The molecule has 0 aromatic heterocycles. The minimum absolute atomic E-state index is 0.0165. The summed E-state index contributed by atoms with van der Waals surface area (Å²) in [6.45, 7) is 2.53. The van der Waals surface area contributed by atoms with Gasteiger partial charge in [0.2, 0.25) is 5.91 Å². The molecule has 0 spiro atoms. The highest BCUT2D eigenvalue weighted by atomic mass is 19.4. The summed E-state index contributed by atoms with van der Waals surface area (Å²) >= 11 is 0. The van der Waals surface area contributed by atoms with Crippen molar-refractivity contribution in [1.82, 2.24) is 5.32 Å². The van der Waals surface area contributed by atoms with Crippen LogP contribution in [0.15, 0.2) is 24.3 Å². The Balaban J connectivity index is 2.32. The molecule has 1 aromatic rings. The number of carbonyl (C=O) groups excluding carboxylic acids is 1. The molecule has 1 aromatic carbocycles. The van der Waals surface area contributed by atoms with E-state index in [1.807, 2.05) is 6.92 Å². The number of rotatable bonds is 9. The van der Waals surface area contributed by atoms with E-state index in [9.17, 15) is 18.0 Å². The number of hydrogen-bond acceptors (Lipinski definition) is 2. The van der Waals surface area contributed by atoms with Crippen LogP contribution in [0.2, 0.25) is 0 Å². The van der Waals surface area contributed by atoms with E-state index in [1.165, 1.54) is 12.1 Å². The zero-order chi connectivity index (χ0) is 17.3. The van der Waals surface area contributed by atoms with Gasteiger partial charge in [0, 0.05) is 12.5 Å². The van der Waals surface area contributed by atoms with Crippen molar-refractivity contribution >= 4 is 5.91 Å². The van der Waals surface area contributed by atoms with Crippen molar-refractivity contribution in [2.45, 2.75) is 57.7 Å². The first-order chi connectivity index (χ1) is 10.8. The van der Waals surface area contributed by atoms with E-state index in [0.29, 0.717) is 19.4 Å². The zero-order valence-corrected chi connectivity index (χ0v) is 13.5. The van der Waals surface area contributed by atoms with Crippen molar-refractivity contribution in [3.05, 3.63) is 35.4 Å². The summed E-state index contributed by atoms with van der Waals surface area (Å²) in [5.74, 6) is -0.0165. The number of hydrogen-bond donors (Lipinski definition) is 2. The molecule has 0 heterocycles. The van der Waals surface area contributed by atoms with E-state index < -0.39 is 11.7 Å². The molecule has 0 saturated carbocycles. The Morgan fingerprint density at radius 2 is 1.74 bits per heavy atom. The molecule has 130 valence electrons. The van der Waals surface area contributed by atoms with E-state index in [2.05, 4.69) is 5.32 Å². The smallest absolute Gasteiger partial charge is 0.353 e. The Morgan fingerprint density at radius 3 is 2.30 bits per heavy atom. The largest absolute Gasteiger partial charge is 0.416 e. The number of carbonyl (C=O) groups is 1. The third kappa shape index (κ3) is 8.02. The van der Waals surface area contributed by atoms with Crippen LogP contribution in [0, 0.1) is 0 Å². The van der Waals surface area contributed by atoms with Gasteiger partial charge in [-0.2, -0.15) is 13.2 Å². The van der Waals surface area contributed by atoms with Crippen LogP contribution in [0.4, 0.5) is 13.2 Å². The van der Waals surface area contributed by atoms with Gasteiger partial charge in [0.1, 0.15) is 0 Å². The van der Waals surface area contributed by atoms with Gasteiger partial charge >= 0.3 is 6.18 Å². The standard InChI is InChI=1S/C17H25F3N2O/c1-13(22-16(23)6-4-2-3-5-11-21)12-14-7-9-15(10-8-14)17(18,19)20/h7-10,13H,2-6,11-12,21H2,1H3,(H,22,23). The van der Waals surface area contributed by atoms with Crippen LogP contribution in [0.1, 0.15) is 50.2 Å². The molecule has 6 heteroatoms. The fourth-order valence-corrected chi connectivity index (χ4v) is 2.36. The predicted octanol–water partition coefficient (Wildman–Crippen LogP) is 3.66. The number of nitrogens with one attached hydrogen (secondary N) is 1. The summed E-state index contributed by atoms with van der Waals surface area (Å²) in [5, 5.41) is 2.88. The fourth-order valence-electron chi connectivity index (χ4n) is 2.36. The quantitative estimate of drug-likeness (QED) is 0.679. The van der Waals surface area contributed by atoms with Crippen molar-refractivity contribution in [3.8, 4) is 0 Å². The Morgan fingerprint density at radius 1 is 1.13 bits per heavy atom. The third-order valence-electron chi connectivity index (χ3n) is 3.59. The lowest BCUT2D eigenvalue weighted by molar-refractivity contribution is -0.137. The van der Waals surface area contributed by atoms with E-state index in [-0.39, 0.29) is 11.9 Å². The van der Waals surface area contributed by atoms with Crippen LogP contribution >= 0.6 is 0 Å². The maximum Gasteiger partial charge on any atom is 0.416 e. The molecule has 3 nitrogen and oxygen atoms in total. The number of amides is 1. The molecule has 0 aliphatic carbocycles. The number of halogens is 3. The summed E-state index contributed by atoms with van der Waals surface area (Å²) < 4.78 is 37.5. The van der Waals surface area contributed by atoms with E-state index in [4.69, 9.17) is 5.73 Å². The minimum Gasteiger partial charge on any atom is -0.353 e. The summed E-state index contributed by atoms with van der Waals surface area (Å²) in [5.41, 5.74) is 5.52. The van der Waals surface area contributed by atoms with Gasteiger partial charge in [-0.3, -0.25) is 4.79 Å². The number of nitrogens with two attached hydrogens (primary N) is 1. The topological polar surface area (TPSA) is 55.1 Å². The maximum atomic E-state index is 12.5. The van der Waals surface area contributed by atoms with Gasteiger partial charge < -0.3 is 11.1 Å². The normalized spacial score (nSPS) is 12.9. The molecule has 0 aliphatic heterocycles. The third-order valence-corrected chi connectivity index (χ3v) is 3.59. The summed E-state index contributed by atoms with van der Waals surface area (Å²) in [7, 11) is 0. The first kappa shape index (κ1) is 19.5. The van der Waals surface area contributed by atoms with Crippen molar-refractivity contribution in [2.75, 3.05) is 6.54 Å². The molecule has 1 rings (SSSR count). The lowest BCUT2D eigenvalue weighted by Crippen LogP contribution is -2.33. The van der Waals surface area contributed by atoms with Gasteiger partial charge in [-0.05, 0) is 50.4 Å². The van der Waals surface area contributed by atoms with Crippen LogP contribution in [-0.4, -0.2) is 18.5 Å². The summed E-state index contributed by atoms with van der Waals surface area (Å²) in [6.07, 6.45) is 0.495. The Labute approximate surface area is 135 Å². The predicted molar refractivity (Wildman–Crippen MR) is 84.9 cm³/mol. The molecular weight excluding hydrogens is 305 g/mol. The molecule has 1 unspecified atom stereocenters. The molecule has 1 atom stereocenters. The molecule has 0 saturated heterocycles. The highest BCUT2D eigenvalue weighted by Gasteiger charge is 2.29. The number of benzene rings is 1. The molecular formula is C17H25F3N2O. The average Bonchev–Trinajstić information content (AvgIpc) is 2.46. The van der Waals surface area contributed by atoms with Crippen LogP contribution in [-0.2, 0) is 17.4 Å². The molecule has 1 amide bonds. The van der Waals surface area contributed by atoms with Crippen molar-refractivity contribution in [1.29, 1.82) is 0 Å². The molecule has 23 heavy (non-hydrogen) atoms. The maximum absolute atomic E-state index is 12.5. The Hall–Kier alpha value is -1.56. The van der Waals surface area contributed by atoms with E-state index in [0.717, 1.165) is 43.4 Å². The van der Waals surface area contributed by atoms with Gasteiger partial charge in [0.15, 0.2) is 0 Å². The van der Waals surface area contributed by atoms with Gasteiger partial charge in [-0.15, -0.1) is 0 Å². The second-order valence-electron chi connectivity index (χ2n) is 5.82. The molecule has 0 aliphatic rings. The van der Waals surface area contributed by atoms with Crippen LogP contribution < -0.4 is 11.1 Å². The summed E-state index contributed by atoms with van der Waals surface area (Å²) in [4.78, 5) is 11.8. The van der Waals surface area contributed by atoms with Gasteiger partial charge in [0.05, 0.1) is 5.56 Å². The molecule has 0 bridgehead atoms. The van der Waals surface area contributed by atoms with Crippen LogP contribution in [0.5, 0.6) is 0 Å². The monoisotopic (exact) mass is 330 g/mol. The lowest BCUT2D eigenvalue weighted by Gasteiger charge is -2.14. The average molecular weight is 330 g/mol. The van der Waals surface area contributed by atoms with Crippen LogP contribution in [0.3, 0.4) is 0 Å². The highest BCUT2D eigenvalue weighted by Crippen LogP contribution is 2.29. The van der Waals surface area contributed by atoms with Crippen LogP contribution in [0.25, 0.3) is 0 Å². The second kappa shape index (κ2) is 9.55. The van der Waals surface area contributed by atoms with Crippen molar-refractivity contribution < 1.29 is 18.0 Å². The highest BCUT2D eigenvalue weighted by molar-refractivity contribution is 5.76. The fraction of sp³-hybridized carbons (Fsp3) is 0.588. The number of alkyl halides is 3. The van der Waals surface area contributed by atoms with Gasteiger partial charge in [-0.25, -0.2) is 0 Å². The van der Waals surface area contributed by atoms with E-state index >= 15 is 0 Å². The minimum atomic E-state index is -4.32. The lowest BCUT2D eigenvalue weighted by atomic mass is 10.0. The molecule has 0 radical (unpaired) electrons. The first-order valence-corrected chi connectivity index (χ1v) is 7.98. The number of unbranched alkanes of at least 4 members (excludes halogenated alkanes) is 3. The van der Waals surface area contributed by atoms with E-state index in [1.54, 1.807) is 0 Å². The zero-order valence-electron chi connectivity index (χ0n) is 13.5. The summed E-state index contributed by atoms with van der Waals surface area (Å²) in [6, 6.07) is 4.95. The van der Waals surface area contributed by atoms with Gasteiger partial charge in [-0.1, -0.05) is 25.0 Å². The second-order valence-corrected chi connectivity index (χ2v) is 5.82. The molecule has 3 N–H and O–H groups in total. The van der Waals surface area contributed by atoms with Crippen molar-refractivity contribution in [2.24, 2.45) is 5.73 Å². The first-order valence-electron chi connectivity index (χ1n) is 7.98. The van der Waals surface area contributed by atoms with Gasteiger partial charge in [0.25, 0.3) is 0 Å². The molecule has 0 fully saturated rings. The Bertz CT molecular complexity index is 472.